The molecule has 0 bridgehead atoms. The lowest BCUT2D eigenvalue weighted by Crippen LogP contribution is -2.26. The zero-order valence-electron chi connectivity index (χ0n) is 17.9. The molecule has 3 aromatic rings. The van der Waals surface area contributed by atoms with Gasteiger partial charge in [0.25, 0.3) is 0 Å². The summed E-state index contributed by atoms with van der Waals surface area (Å²) in [6.45, 7) is 4.41. The van der Waals surface area contributed by atoms with E-state index in [-0.39, 0.29) is 5.97 Å². The molecule has 31 heavy (non-hydrogen) atoms. The van der Waals surface area contributed by atoms with Crippen LogP contribution >= 0.6 is 0 Å². The molecule has 0 unspecified atom stereocenters. The Labute approximate surface area is 182 Å². The van der Waals surface area contributed by atoms with Crippen molar-refractivity contribution >= 4 is 22.6 Å². The molecule has 158 valence electrons. The van der Waals surface area contributed by atoms with Gasteiger partial charge in [0.05, 0.1) is 17.8 Å². The zero-order chi connectivity index (χ0) is 21.8. The zero-order valence-corrected chi connectivity index (χ0v) is 17.9. The highest BCUT2D eigenvalue weighted by atomic mass is 16.5. The molecule has 1 fully saturated rings. The summed E-state index contributed by atoms with van der Waals surface area (Å²) in [7, 11) is 0. The molecule has 1 saturated carbocycles. The van der Waals surface area contributed by atoms with E-state index in [1.165, 1.54) is 12.8 Å². The van der Waals surface area contributed by atoms with Crippen LogP contribution in [-0.4, -0.2) is 28.6 Å². The smallest absolute Gasteiger partial charge is 0.341 e. The van der Waals surface area contributed by atoms with Crippen LogP contribution in [0.25, 0.3) is 22.0 Å². The van der Waals surface area contributed by atoms with Crippen molar-refractivity contribution in [2.24, 2.45) is 5.92 Å². The fourth-order valence-corrected chi connectivity index (χ4v) is 4.13. The Kier molecular flexibility index (Phi) is 6.13. The molecule has 6 nitrogen and oxygen atoms in total. The predicted molar refractivity (Wildman–Crippen MR) is 121 cm³/mol. The number of nitrogens with one attached hydrogen (secondary N) is 1. The highest BCUT2D eigenvalue weighted by Crippen LogP contribution is 2.34. The molecule has 1 aliphatic carbocycles. The van der Waals surface area contributed by atoms with Gasteiger partial charge in [0.2, 0.25) is 0 Å². The molecule has 1 aliphatic rings. The van der Waals surface area contributed by atoms with E-state index in [0.29, 0.717) is 23.9 Å². The second-order valence-corrected chi connectivity index (χ2v) is 8.14. The third kappa shape index (κ3) is 4.51. The molecule has 1 N–H and O–H groups in total. The SMILES string of the molecule is CCOC(=O)c1cnc2ccc(-c3ccc(C#N)nc3)cc2c1NC1CCC(C)CC1. The first kappa shape index (κ1) is 20.8. The molecule has 0 saturated heterocycles. The summed E-state index contributed by atoms with van der Waals surface area (Å²) in [5.41, 5.74) is 4.29. The maximum atomic E-state index is 12.7. The van der Waals surface area contributed by atoms with Crippen molar-refractivity contribution in [1.82, 2.24) is 9.97 Å². The van der Waals surface area contributed by atoms with Crippen LogP contribution in [0.4, 0.5) is 5.69 Å². The number of rotatable bonds is 5. The summed E-state index contributed by atoms with van der Waals surface area (Å²) in [6.07, 6.45) is 7.81. The van der Waals surface area contributed by atoms with E-state index in [4.69, 9.17) is 10.00 Å². The fraction of sp³-hybridized carbons (Fsp3) is 0.360. The van der Waals surface area contributed by atoms with E-state index in [9.17, 15) is 4.79 Å². The highest BCUT2D eigenvalue weighted by Gasteiger charge is 2.23. The number of benzene rings is 1. The summed E-state index contributed by atoms with van der Waals surface area (Å²) < 4.78 is 5.30. The number of carbonyl (C=O) groups is 1. The van der Waals surface area contributed by atoms with Gasteiger partial charge in [-0.25, -0.2) is 9.78 Å². The highest BCUT2D eigenvalue weighted by molar-refractivity contribution is 6.06. The lowest BCUT2D eigenvalue weighted by Gasteiger charge is -2.29. The van der Waals surface area contributed by atoms with E-state index >= 15 is 0 Å². The number of fused-ring (bicyclic) bond motifs is 1. The second-order valence-electron chi connectivity index (χ2n) is 8.14. The number of carbonyl (C=O) groups excluding carboxylic acids is 1. The molecule has 2 aromatic heterocycles. The average Bonchev–Trinajstić information content (AvgIpc) is 2.80. The van der Waals surface area contributed by atoms with E-state index in [1.807, 2.05) is 30.3 Å². The number of nitrogens with zero attached hydrogens (tertiary/aromatic N) is 3. The quantitative estimate of drug-likeness (QED) is 0.567. The average molecular weight is 415 g/mol. The molecule has 4 rings (SSSR count). The summed E-state index contributed by atoms with van der Waals surface area (Å²) in [6, 6.07) is 11.9. The number of nitriles is 1. The van der Waals surface area contributed by atoms with Crippen LogP contribution in [-0.2, 0) is 4.74 Å². The van der Waals surface area contributed by atoms with Crippen LogP contribution in [0.15, 0.2) is 42.7 Å². The van der Waals surface area contributed by atoms with Gasteiger partial charge in [-0.05, 0) is 68.4 Å². The third-order valence-electron chi connectivity index (χ3n) is 5.94. The minimum absolute atomic E-state index is 0.314. The van der Waals surface area contributed by atoms with Gasteiger partial charge in [-0.3, -0.25) is 4.98 Å². The van der Waals surface area contributed by atoms with Crippen molar-refractivity contribution in [3.8, 4) is 17.2 Å². The molecule has 0 atom stereocenters. The maximum absolute atomic E-state index is 12.7. The number of hydrogen-bond acceptors (Lipinski definition) is 6. The molecule has 6 heteroatoms. The minimum Gasteiger partial charge on any atom is -0.462 e. The molecule has 0 amide bonds. The summed E-state index contributed by atoms with van der Waals surface area (Å²) in [5.74, 6) is 0.376. The first-order valence-corrected chi connectivity index (χ1v) is 10.8. The summed E-state index contributed by atoms with van der Waals surface area (Å²) in [4.78, 5) is 21.4. The number of anilines is 1. The first-order chi connectivity index (χ1) is 15.1. The third-order valence-corrected chi connectivity index (χ3v) is 5.94. The van der Waals surface area contributed by atoms with E-state index in [0.717, 1.165) is 46.5 Å². The number of hydrogen-bond donors (Lipinski definition) is 1. The fourth-order valence-electron chi connectivity index (χ4n) is 4.13. The number of ether oxygens (including phenoxy) is 1. The van der Waals surface area contributed by atoms with Crippen LogP contribution in [0.1, 0.15) is 55.6 Å². The van der Waals surface area contributed by atoms with E-state index in [1.54, 1.807) is 25.4 Å². The van der Waals surface area contributed by atoms with E-state index < -0.39 is 0 Å². The predicted octanol–water partition coefficient (Wildman–Crippen LogP) is 5.34. The molecule has 0 radical (unpaired) electrons. The van der Waals surface area contributed by atoms with Gasteiger partial charge in [-0.15, -0.1) is 0 Å². The lowest BCUT2D eigenvalue weighted by atomic mass is 9.87. The molecule has 1 aromatic carbocycles. The molecular formula is C25H26N4O2. The Morgan fingerprint density at radius 1 is 1.13 bits per heavy atom. The largest absolute Gasteiger partial charge is 0.462 e. The van der Waals surface area contributed by atoms with Crippen LogP contribution in [0.5, 0.6) is 0 Å². The summed E-state index contributed by atoms with van der Waals surface area (Å²) in [5, 5.41) is 13.5. The Bertz CT molecular complexity index is 1130. The van der Waals surface area contributed by atoms with Crippen LogP contribution in [0.3, 0.4) is 0 Å². The Morgan fingerprint density at radius 3 is 2.58 bits per heavy atom. The van der Waals surface area contributed by atoms with Crippen molar-refractivity contribution in [3.05, 3.63) is 54.0 Å². The molecular weight excluding hydrogens is 388 g/mol. The van der Waals surface area contributed by atoms with Crippen molar-refractivity contribution in [3.63, 3.8) is 0 Å². The van der Waals surface area contributed by atoms with Gasteiger partial charge >= 0.3 is 5.97 Å². The summed E-state index contributed by atoms with van der Waals surface area (Å²) >= 11 is 0. The van der Waals surface area contributed by atoms with Gasteiger partial charge in [0, 0.05) is 29.4 Å². The number of esters is 1. The van der Waals surface area contributed by atoms with Gasteiger partial charge in [-0.1, -0.05) is 13.0 Å². The Morgan fingerprint density at radius 2 is 1.90 bits per heavy atom. The minimum atomic E-state index is -0.367. The van der Waals surface area contributed by atoms with Crippen LogP contribution in [0.2, 0.25) is 0 Å². The number of pyridine rings is 2. The molecule has 0 aliphatic heterocycles. The van der Waals surface area contributed by atoms with Crippen molar-refractivity contribution in [1.29, 1.82) is 5.26 Å². The standard InChI is InChI=1S/C25H26N4O2/c1-3-31-25(30)22-15-28-23-11-7-17(18-6-10-20(13-26)27-14-18)12-21(23)24(22)29-19-8-4-16(2)5-9-19/h6-7,10-12,14-16,19H,3-5,8-9H2,1-2H3,(H,28,29). The second kappa shape index (κ2) is 9.13. The topological polar surface area (TPSA) is 87.9 Å². The normalized spacial score (nSPS) is 18.4. The van der Waals surface area contributed by atoms with Crippen LogP contribution < -0.4 is 5.32 Å². The van der Waals surface area contributed by atoms with Gasteiger partial charge in [-0.2, -0.15) is 5.26 Å². The van der Waals surface area contributed by atoms with Crippen molar-refractivity contribution in [2.75, 3.05) is 11.9 Å². The van der Waals surface area contributed by atoms with Gasteiger partial charge in [0.15, 0.2) is 0 Å². The Hall–Kier alpha value is -3.46. The monoisotopic (exact) mass is 414 g/mol. The van der Waals surface area contributed by atoms with Crippen molar-refractivity contribution in [2.45, 2.75) is 45.6 Å². The van der Waals surface area contributed by atoms with Crippen LogP contribution in [0, 0.1) is 17.2 Å². The lowest BCUT2D eigenvalue weighted by molar-refractivity contribution is 0.0527. The van der Waals surface area contributed by atoms with E-state index in [2.05, 4.69) is 22.2 Å². The maximum Gasteiger partial charge on any atom is 0.341 e. The van der Waals surface area contributed by atoms with Gasteiger partial charge in [0.1, 0.15) is 17.3 Å². The Balaban J connectivity index is 1.79. The number of aromatic nitrogens is 2. The van der Waals surface area contributed by atoms with Crippen molar-refractivity contribution < 1.29 is 9.53 Å². The molecule has 2 heterocycles. The first-order valence-electron chi connectivity index (χ1n) is 10.8. The van der Waals surface area contributed by atoms with Gasteiger partial charge < -0.3 is 10.1 Å². The molecule has 0 spiro atoms.